The van der Waals surface area contributed by atoms with Gasteiger partial charge in [-0.05, 0) is 31.2 Å². The molecule has 2 aromatic rings. The van der Waals surface area contributed by atoms with E-state index in [0.717, 1.165) is 16.3 Å². The Kier molecular flexibility index (Phi) is 4.96. The Bertz CT molecular complexity index is 931. The maximum atomic E-state index is 13.0. The molecule has 1 saturated heterocycles. The standard InChI is InChI=1S/C22H23N3O4/c1-15(25-21(27)16-7-3-4-8-17(16)22(25)28)20(26)24-13-11-23(12-14-24)18-9-5-6-10-19(18)29-2/h3-10,15H,11-14H2,1-2H3/t15-/m0/s1. The average Bonchev–Trinajstić information content (AvgIpc) is 3.03. The summed E-state index contributed by atoms with van der Waals surface area (Å²) in [6, 6.07) is 13.6. The van der Waals surface area contributed by atoms with Crippen LogP contribution < -0.4 is 9.64 Å². The molecular formula is C22H23N3O4. The maximum absolute atomic E-state index is 13.0. The number of fused-ring (bicyclic) bond motifs is 1. The van der Waals surface area contributed by atoms with Gasteiger partial charge in [0.1, 0.15) is 11.8 Å². The molecule has 2 aliphatic heterocycles. The number of rotatable bonds is 4. The molecule has 29 heavy (non-hydrogen) atoms. The fraction of sp³-hybridized carbons (Fsp3) is 0.318. The Morgan fingerprint density at radius 1 is 0.897 bits per heavy atom. The van der Waals surface area contributed by atoms with Crippen molar-refractivity contribution in [2.75, 3.05) is 38.2 Å². The van der Waals surface area contributed by atoms with E-state index in [1.165, 1.54) is 0 Å². The third kappa shape index (κ3) is 3.22. The van der Waals surface area contributed by atoms with E-state index in [1.54, 1.807) is 43.2 Å². The molecule has 1 atom stereocenters. The van der Waals surface area contributed by atoms with Gasteiger partial charge in [-0.2, -0.15) is 0 Å². The number of amides is 3. The van der Waals surface area contributed by atoms with Crippen molar-refractivity contribution >= 4 is 23.4 Å². The van der Waals surface area contributed by atoms with Gasteiger partial charge < -0.3 is 14.5 Å². The van der Waals surface area contributed by atoms with Gasteiger partial charge in [0.15, 0.2) is 0 Å². The Morgan fingerprint density at radius 2 is 1.45 bits per heavy atom. The van der Waals surface area contributed by atoms with Crippen LogP contribution in [0.5, 0.6) is 5.75 Å². The van der Waals surface area contributed by atoms with Crippen molar-refractivity contribution in [2.45, 2.75) is 13.0 Å². The number of carbonyl (C=O) groups is 3. The van der Waals surface area contributed by atoms with Crippen molar-refractivity contribution in [1.29, 1.82) is 0 Å². The summed E-state index contributed by atoms with van der Waals surface area (Å²) < 4.78 is 5.43. The highest BCUT2D eigenvalue weighted by Gasteiger charge is 2.42. The highest BCUT2D eigenvalue weighted by molar-refractivity contribution is 6.22. The van der Waals surface area contributed by atoms with Crippen LogP contribution in [0.4, 0.5) is 5.69 Å². The Hall–Kier alpha value is -3.35. The largest absolute Gasteiger partial charge is 0.495 e. The van der Waals surface area contributed by atoms with E-state index in [1.807, 2.05) is 24.3 Å². The third-order valence-electron chi connectivity index (χ3n) is 5.59. The SMILES string of the molecule is COc1ccccc1N1CCN(C(=O)[C@H](C)N2C(=O)c3ccccc3C2=O)CC1. The van der Waals surface area contributed by atoms with E-state index in [4.69, 9.17) is 4.74 Å². The molecule has 2 aromatic carbocycles. The predicted octanol–water partition coefficient (Wildman–Crippen LogP) is 2.03. The van der Waals surface area contributed by atoms with Crippen molar-refractivity contribution in [3.8, 4) is 5.75 Å². The van der Waals surface area contributed by atoms with Crippen molar-refractivity contribution in [3.63, 3.8) is 0 Å². The molecule has 0 N–H and O–H groups in total. The summed E-state index contributed by atoms with van der Waals surface area (Å²) in [5, 5.41) is 0. The number of methoxy groups -OCH3 is 1. The van der Waals surface area contributed by atoms with E-state index in [-0.39, 0.29) is 5.91 Å². The number of ether oxygens (including phenoxy) is 1. The van der Waals surface area contributed by atoms with Crippen LogP contribution in [0.3, 0.4) is 0 Å². The number of para-hydroxylation sites is 2. The molecule has 3 amide bonds. The van der Waals surface area contributed by atoms with Gasteiger partial charge >= 0.3 is 0 Å². The van der Waals surface area contributed by atoms with Crippen LogP contribution in [0.25, 0.3) is 0 Å². The topological polar surface area (TPSA) is 70.2 Å². The van der Waals surface area contributed by atoms with Gasteiger partial charge in [0.05, 0.1) is 23.9 Å². The first-order valence-electron chi connectivity index (χ1n) is 9.66. The van der Waals surface area contributed by atoms with Gasteiger partial charge in [-0.15, -0.1) is 0 Å². The second-order valence-electron chi connectivity index (χ2n) is 7.19. The zero-order valence-corrected chi connectivity index (χ0v) is 16.5. The van der Waals surface area contributed by atoms with Crippen LogP contribution in [0, 0.1) is 0 Å². The minimum atomic E-state index is -0.833. The molecule has 150 valence electrons. The molecule has 7 heteroatoms. The third-order valence-corrected chi connectivity index (χ3v) is 5.59. The van der Waals surface area contributed by atoms with Gasteiger partial charge in [-0.3, -0.25) is 19.3 Å². The minimum absolute atomic E-state index is 0.209. The summed E-state index contributed by atoms with van der Waals surface area (Å²) in [6.07, 6.45) is 0. The van der Waals surface area contributed by atoms with E-state index in [2.05, 4.69) is 4.90 Å². The number of hydrogen-bond acceptors (Lipinski definition) is 5. The molecule has 0 radical (unpaired) electrons. The normalized spacial score (nSPS) is 17.4. The highest BCUT2D eigenvalue weighted by atomic mass is 16.5. The molecule has 0 unspecified atom stereocenters. The monoisotopic (exact) mass is 393 g/mol. The van der Waals surface area contributed by atoms with Crippen LogP contribution in [-0.2, 0) is 4.79 Å². The molecular weight excluding hydrogens is 370 g/mol. The second kappa shape index (κ2) is 7.58. The van der Waals surface area contributed by atoms with Crippen molar-refractivity contribution in [3.05, 3.63) is 59.7 Å². The number of carbonyl (C=O) groups excluding carboxylic acids is 3. The molecule has 4 rings (SSSR count). The quantitative estimate of drug-likeness (QED) is 0.744. The summed E-state index contributed by atoms with van der Waals surface area (Å²) in [4.78, 5) is 43.3. The van der Waals surface area contributed by atoms with Crippen LogP contribution in [-0.4, -0.2) is 66.9 Å². The molecule has 0 spiro atoms. The molecule has 2 heterocycles. The molecule has 2 aliphatic rings. The lowest BCUT2D eigenvalue weighted by molar-refractivity contribution is -0.135. The fourth-order valence-electron chi connectivity index (χ4n) is 3.99. The lowest BCUT2D eigenvalue weighted by Crippen LogP contribution is -2.55. The summed E-state index contributed by atoms with van der Waals surface area (Å²) in [5.41, 5.74) is 1.71. The predicted molar refractivity (Wildman–Crippen MR) is 108 cm³/mol. The molecule has 1 fully saturated rings. The van der Waals surface area contributed by atoms with Crippen LogP contribution in [0.2, 0.25) is 0 Å². The number of piperazine rings is 1. The maximum Gasteiger partial charge on any atom is 0.262 e. The molecule has 0 aliphatic carbocycles. The van der Waals surface area contributed by atoms with Gasteiger partial charge in [-0.25, -0.2) is 0 Å². The minimum Gasteiger partial charge on any atom is -0.495 e. The number of nitrogens with zero attached hydrogens (tertiary/aromatic N) is 3. The Morgan fingerprint density at radius 3 is 2.03 bits per heavy atom. The number of anilines is 1. The van der Waals surface area contributed by atoms with Crippen molar-refractivity contribution in [2.24, 2.45) is 0 Å². The Balaban J connectivity index is 1.44. The lowest BCUT2D eigenvalue weighted by atomic mass is 10.1. The molecule has 0 bridgehead atoms. The van der Waals surface area contributed by atoms with E-state index >= 15 is 0 Å². The van der Waals surface area contributed by atoms with Crippen LogP contribution >= 0.6 is 0 Å². The van der Waals surface area contributed by atoms with Crippen molar-refractivity contribution < 1.29 is 19.1 Å². The van der Waals surface area contributed by atoms with Gasteiger partial charge in [0, 0.05) is 26.2 Å². The summed E-state index contributed by atoms with van der Waals surface area (Å²) in [6.45, 7) is 3.97. The van der Waals surface area contributed by atoms with E-state index < -0.39 is 17.9 Å². The van der Waals surface area contributed by atoms with Gasteiger partial charge in [0.25, 0.3) is 11.8 Å². The molecule has 7 nitrogen and oxygen atoms in total. The zero-order chi connectivity index (χ0) is 20.5. The van der Waals surface area contributed by atoms with Crippen LogP contribution in [0.15, 0.2) is 48.5 Å². The van der Waals surface area contributed by atoms with Gasteiger partial charge in [-0.1, -0.05) is 24.3 Å². The second-order valence-corrected chi connectivity index (χ2v) is 7.19. The van der Waals surface area contributed by atoms with Gasteiger partial charge in [0.2, 0.25) is 5.91 Å². The highest BCUT2D eigenvalue weighted by Crippen LogP contribution is 2.29. The van der Waals surface area contributed by atoms with Crippen molar-refractivity contribution in [1.82, 2.24) is 9.80 Å². The average molecular weight is 393 g/mol. The number of imide groups is 1. The summed E-state index contributed by atoms with van der Waals surface area (Å²) in [7, 11) is 1.64. The smallest absolute Gasteiger partial charge is 0.262 e. The first-order chi connectivity index (χ1) is 14.0. The van der Waals surface area contributed by atoms with E-state index in [9.17, 15) is 14.4 Å². The first-order valence-corrected chi connectivity index (χ1v) is 9.66. The molecule has 0 aromatic heterocycles. The number of hydrogen-bond donors (Lipinski definition) is 0. The Labute approximate surface area is 169 Å². The summed E-state index contributed by atoms with van der Waals surface area (Å²) in [5.74, 6) is -0.218. The molecule has 0 saturated carbocycles. The lowest BCUT2D eigenvalue weighted by Gasteiger charge is -2.38. The zero-order valence-electron chi connectivity index (χ0n) is 16.5. The van der Waals surface area contributed by atoms with E-state index in [0.29, 0.717) is 37.3 Å². The number of benzene rings is 2. The fourth-order valence-corrected chi connectivity index (χ4v) is 3.99. The van der Waals surface area contributed by atoms with Crippen LogP contribution in [0.1, 0.15) is 27.6 Å². The first kappa shape index (κ1) is 19.0. The summed E-state index contributed by atoms with van der Waals surface area (Å²) >= 11 is 0.